The molecule has 0 radical (unpaired) electrons. The molecule has 0 amide bonds. The van der Waals surface area contributed by atoms with Gasteiger partial charge in [-0.3, -0.25) is 4.98 Å². The zero-order valence-electron chi connectivity index (χ0n) is 19.7. The maximum Gasteiger partial charge on any atom is 0.134 e. The molecule has 0 aliphatic heterocycles. The molecule has 0 saturated carbocycles. The minimum absolute atomic E-state index is 0.378. The Morgan fingerprint density at radius 2 is 1.91 bits per heavy atom. The monoisotopic (exact) mass is 525 g/mol. The Morgan fingerprint density at radius 1 is 1.06 bits per heavy atom. The van der Waals surface area contributed by atoms with Gasteiger partial charge < -0.3 is 10.1 Å². The van der Waals surface area contributed by atoms with Gasteiger partial charge in [-0.25, -0.2) is 4.98 Å². The molecule has 2 heterocycles. The van der Waals surface area contributed by atoms with E-state index in [4.69, 9.17) is 14.7 Å². The third kappa shape index (κ3) is 5.63. The van der Waals surface area contributed by atoms with E-state index in [0.29, 0.717) is 12.5 Å². The fourth-order valence-corrected chi connectivity index (χ4v) is 4.84. The highest BCUT2D eigenvalue weighted by molar-refractivity contribution is 9.10. The average Bonchev–Trinajstić information content (AvgIpc) is 2.91. The summed E-state index contributed by atoms with van der Waals surface area (Å²) in [5.74, 6) is 2.09. The van der Waals surface area contributed by atoms with Crippen LogP contribution >= 0.6 is 15.9 Å². The van der Waals surface area contributed by atoms with Crippen LogP contribution in [0.1, 0.15) is 47.6 Å². The molecule has 1 aliphatic carbocycles. The van der Waals surface area contributed by atoms with Crippen LogP contribution in [0.4, 0.5) is 5.82 Å². The Kier molecular flexibility index (Phi) is 7.24. The van der Waals surface area contributed by atoms with Gasteiger partial charge in [0, 0.05) is 34.1 Å². The minimum atomic E-state index is 0.378. The fourth-order valence-electron chi connectivity index (χ4n) is 4.46. The normalized spacial score (nSPS) is 15.5. The van der Waals surface area contributed by atoms with Gasteiger partial charge >= 0.3 is 0 Å². The maximum atomic E-state index is 5.28. The van der Waals surface area contributed by atoms with Crippen molar-refractivity contribution in [1.82, 2.24) is 9.97 Å². The molecular formula is C30H28BrN3O. The number of anilines is 1. The van der Waals surface area contributed by atoms with E-state index in [2.05, 4.69) is 75.9 Å². The van der Waals surface area contributed by atoms with E-state index in [1.165, 1.54) is 6.42 Å². The van der Waals surface area contributed by atoms with Crippen LogP contribution in [-0.4, -0.2) is 17.1 Å². The van der Waals surface area contributed by atoms with Gasteiger partial charge in [0.25, 0.3) is 0 Å². The number of rotatable bonds is 7. The summed E-state index contributed by atoms with van der Waals surface area (Å²) in [6.07, 6.45) is 14.3. The quantitative estimate of drug-likeness (QED) is 0.248. The molecule has 0 fully saturated rings. The highest BCUT2D eigenvalue weighted by atomic mass is 79.9. The number of halogens is 1. The summed E-state index contributed by atoms with van der Waals surface area (Å²) in [6, 6.07) is 20.6. The maximum absolute atomic E-state index is 5.28. The summed E-state index contributed by atoms with van der Waals surface area (Å²) < 4.78 is 6.32. The van der Waals surface area contributed by atoms with Crippen molar-refractivity contribution in [2.45, 2.75) is 31.7 Å². The van der Waals surface area contributed by atoms with Crippen molar-refractivity contribution < 1.29 is 4.74 Å². The van der Waals surface area contributed by atoms with Gasteiger partial charge in [-0.1, -0.05) is 58.4 Å². The molecule has 0 bridgehead atoms. The number of ether oxygens (including phenoxy) is 1. The molecule has 0 saturated heterocycles. The van der Waals surface area contributed by atoms with Crippen molar-refractivity contribution in [3.05, 3.63) is 106 Å². The second-order valence-electron chi connectivity index (χ2n) is 8.74. The minimum Gasteiger partial charge on any atom is -0.497 e. The Bertz CT molecular complexity index is 1380. The Labute approximate surface area is 214 Å². The van der Waals surface area contributed by atoms with Gasteiger partial charge in [0.15, 0.2) is 0 Å². The summed E-state index contributed by atoms with van der Waals surface area (Å²) in [4.78, 5) is 9.69. The van der Waals surface area contributed by atoms with Crippen molar-refractivity contribution in [2.75, 3.05) is 12.4 Å². The van der Waals surface area contributed by atoms with Gasteiger partial charge in [-0.15, -0.1) is 0 Å². The summed E-state index contributed by atoms with van der Waals surface area (Å²) in [6.45, 7) is 0.672. The van der Waals surface area contributed by atoms with E-state index in [9.17, 15) is 0 Å². The van der Waals surface area contributed by atoms with E-state index in [1.54, 1.807) is 7.11 Å². The summed E-state index contributed by atoms with van der Waals surface area (Å²) >= 11 is 3.59. The highest BCUT2D eigenvalue weighted by Gasteiger charge is 2.15. The number of aromatic nitrogens is 2. The zero-order chi connectivity index (χ0) is 24.0. The lowest BCUT2D eigenvalue weighted by Crippen LogP contribution is -2.04. The van der Waals surface area contributed by atoms with Gasteiger partial charge in [-0.2, -0.15) is 0 Å². The second kappa shape index (κ2) is 10.9. The third-order valence-electron chi connectivity index (χ3n) is 6.34. The van der Waals surface area contributed by atoms with E-state index in [0.717, 1.165) is 62.2 Å². The van der Waals surface area contributed by atoms with Crippen LogP contribution in [-0.2, 0) is 6.54 Å². The molecule has 2 aromatic heterocycles. The first kappa shape index (κ1) is 23.3. The lowest BCUT2D eigenvalue weighted by molar-refractivity contribution is 0.414. The third-order valence-corrected chi connectivity index (χ3v) is 6.84. The lowest BCUT2D eigenvalue weighted by atomic mass is 9.90. The van der Waals surface area contributed by atoms with Crippen molar-refractivity contribution in [3.63, 3.8) is 0 Å². The first-order chi connectivity index (χ1) is 17.2. The number of pyridine rings is 2. The predicted molar refractivity (Wildman–Crippen MR) is 149 cm³/mol. The van der Waals surface area contributed by atoms with Gasteiger partial charge in [-0.05, 0) is 72.9 Å². The number of hydrogen-bond acceptors (Lipinski definition) is 4. The predicted octanol–water partition coefficient (Wildman–Crippen LogP) is 8.01. The molecule has 1 aliphatic rings. The topological polar surface area (TPSA) is 47.0 Å². The number of benzene rings is 2. The van der Waals surface area contributed by atoms with Gasteiger partial charge in [0.05, 0.1) is 18.3 Å². The fraction of sp³-hybridized carbons (Fsp3) is 0.200. The Hall–Kier alpha value is -3.44. The van der Waals surface area contributed by atoms with Crippen LogP contribution in [0.3, 0.4) is 0 Å². The average molecular weight is 526 g/mol. The van der Waals surface area contributed by atoms with Crippen molar-refractivity contribution in [2.24, 2.45) is 0 Å². The SMILES string of the molecule is COc1ccc(CNc2nc3ccc(Br)cc3cc2C=Cc2cccnc2C2C=CCCC2)cc1. The zero-order valence-corrected chi connectivity index (χ0v) is 21.3. The molecule has 5 rings (SSSR count). The van der Waals surface area contributed by atoms with Gasteiger partial charge in [0.1, 0.15) is 11.6 Å². The molecule has 1 unspecified atom stereocenters. The number of fused-ring (bicyclic) bond motifs is 1. The molecule has 5 heteroatoms. The summed E-state index contributed by atoms with van der Waals surface area (Å²) in [5.41, 5.74) is 5.45. The van der Waals surface area contributed by atoms with Crippen LogP contribution in [0.5, 0.6) is 5.75 Å². The second-order valence-corrected chi connectivity index (χ2v) is 9.66. The van der Waals surface area contributed by atoms with Crippen LogP contribution < -0.4 is 10.1 Å². The first-order valence-corrected chi connectivity index (χ1v) is 12.8. The van der Waals surface area contributed by atoms with Crippen LogP contribution in [0, 0.1) is 0 Å². The van der Waals surface area contributed by atoms with E-state index < -0.39 is 0 Å². The van der Waals surface area contributed by atoms with Crippen molar-refractivity contribution in [3.8, 4) is 5.75 Å². The standard InChI is InChI=1S/C30H28BrN3O/c1-35-27-14-9-21(10-15-27)20-33-30-24(18-25-19-26(31)13-16-28(25)34-30)12-11-23-8-5-17-32-29(23)22-6-3-2-4-7-22/h3,5-6,8-19,22H,2,4,7,20H2,1H3,(H,33,34). The van der Waals surface area contributed by atoms with Crippen molar-refractivity contribution >= 4 is 44.8 Å². The summed E-state index contributed by atoms with van der Waals surface area (Å²) in [5, 5.41) is 4.64. The number of nitrogens with one attached hydrogen (secondary N) is 1. The Balaban J connectivity index is 1.48. The van der Waals surface area contributed by atoms with Crippen LogP contribution in [0.25, 0.3) is 23.1 Å². The van der Waals surface area contributed by atoms with E-state index in [1.807, 2.05) is 36.5 Å². The summed E-state index contributed by atoms with van der Waals surface area (Å²) in [7, 11) is 1.68. The molecule has 0 spiro atoms. The van der Waals surface area contributed by atoms with Gasteiger partial charge in [0.2, 0.25) is 0 Å². The molecule has 4 aromatic rings. The highest BCUT2D eigenvalue weighted by Crippen LogP contribution is 2.30. The lowest BCUT2D eigenvalue weighted by Gasteiger charge is -2.17. The first-order valence-electron chi connectivity index (χ1n) is 12.0. The number of methoxy groups -OCH3 is 1. The molecular weight excluding hydrogens is 498 g/mol. The van der Waals surface area contributed by atoms with Crippen LogP contribution in [0.2, 0.25) is 0 Å². The largest absolute Gasteiger partial charge is 0.497 e. The number of hydrogen-bond donors (Lipinski definition) is 1. The van der Waals surface area contributed by atoms with E-state index >= 15 is 0 Å². The molecule has 2 aromatic carbocycles. The molecule has 4 nitrogen and oxygen atoms in total. The molecule has 1 N–H and O–H groups in total. The molecule has 1 atom stereocenters. The number of allylic oxidation sites excluding steroid dienone is 2. The smallest absolute Gasteiger partial charge is 0.134 e. The van der Waals surface area contributed by atoms with E-state index in [-0.39, 0.29) is 0 Å². The molecule has 35 heavy (non-hydrogen) atoms. The van der Waals surface area contributed by atoms with Crippen LogP contribution in [0.15, 0.2) is 83.5 Å². The molecule has 176 valence electrons. The van der Waals surface area contributed by atoms with Crippen molar-refractivity contribution in [1.29, 1.82) is 0 Å². The Morgan fingerprint density at radius 3 is 2.71 bits per heavy atom. The number of nitrogens with zero attached hydrogens (tertiary/aromatic N) is 2.